The van der Waals surface area contributed by atoms with Gasteiger partial charge in [0.2, 0.25) is 15.9 Å². The van der Waals surface area contributed by atoms with Crippen LogP contribution < -0.4 is 10.1 Å². The molecule has 0 aromatic heterocycles. The van der Waals surface area contributed by atoms with E-state index in [1.807, 2.05) is 0 Å². The SMILES string of the molecule is COc1ccc(S(=O)(=O)N(C)C)cc1NC(=O)/C=C/c1c(F)cccc1Cl. The average Bonchev–Trinajstić information content (AvgIpc) is 2.61. The standard InChI is InChI=1S/C18H18ClFN2O4S/c1-22(2)27(24,25)12-7-9-17(26-3)16(11-12)21-18(23)10-8-13-14(19)5-4-6-15(13)20/h4-11H,1-3H3,(H,21,23)/b10-8+. The van der Waals surface area contributed by atoms with Crippen LogP contribution in [0.3, 0.4) is 0 Å². The zero-order valence-corrected chi connectivity index (χ0v) is 16.4. The third-order valence-corrected chi connectivity index (χ3v) is 5.75. The highest BCUT2D eigenvalue weighted by atomic mass is 35.5. The predicted molar refractivity (Wildman–Crippen MR) is 103 cm³/mol. The highest BCUT2D eigenvalue weighted by molar-refractivity contribution is 7.89. The molecule has 0 unspecified atom stereocenters. The lowest BCUT2D eigenvalue weighted by Crippen LogP contribution is -2.22. The number of nitrogens with one attached hydrogen (secondary N) is 1. The van der Waals surface area contributed by atoms with Crippen LogP contribution in [0.1, 0.15) is 5.56 Å². The summed E-state index contributed by atoms with van der Waals surface area (Å²) in [4.78, 5) is 12.2. The van der Waals surface area contributed by atoms with Gasteiger partial charge in [0.15, 0.2) is 0 Å². The number of hydrogen-bond acceptors (Lipinski definition) is 4. The molecule has 0 bridgehead atoms. The zero-order valence-electron chi connectivity index (χ0n) is 14.9. The highest BCUT2D eigenvalue weighted by Gasteiger charge is 2.19. The van der Waals surface area contributed by atoms with Crippen molar-refractivity contribution >= 4 is 39.3 Å². The Balaban J connectivity index is 2.30. The lowest BCUT2D eigenvalue weighted by molar-refractivity contribution is -0.111. The topological polar surface area (TPSA) is 75.7 Å². The monoisotopic (exact) mass is 412 g/mol. The van der Waals surface area contributed by atoms with Crippen LogP contribution in [0.5, 0.6) is 5.75 Å². The minimum absolute atomic E-state index is 0.00951. The molecule has 6 nitrogen and oxygen atoms in total. The quantitative estimate of drug-likeness (QED) is 0.738. The van der Waals surface area contributed by atoms with E-state index in [-0.39, 0.29) is 26.9 Å². The van der Waals surface area contributed by atoms with Crippen LogP contribution in [0.4, 0.5) is 10.1 Å². The van der Waals surface area contributed by atoms with Crippen LogP contribution in [-0.2, 0) is 14.8 Å². The van der Waals surface area contributed by atoms with Crippen molar-refractivity contribution in [2.75, 3.05) is 26.5 Å². The number of anilines is 1. The lowest BCUT2D eigenvalue weighted by Gasteiger charge is -2.14. The van der Waals surface area contributed by atoms with Gasteiger partial charge in [0.1, 0.15) is 11.6 Å². The van der Waals surface area contributed by atoms with Crippen molar-refractivity contribution in [2.24, 2.45) is 0 Å². The molecule has 0 spiro atoms. The van der Waals surface area contributed by atoms with Crippen molar-refractivity contribution < 1.29 is 22.3 Å². The Morgan fingerprint density at radius 1 is 1.26 bits per heavy atom. The van der Waals surface area contributed by atoms with Gasteiger partial charge in [-0.25, -0.2) is 17.1 Å². The summed E-state index contributed by atoms with van der Waals surface area (Å²) in [7, 11) is 0.507. The van der Waals surface area contributed by atoms with E-state index in [2.05, 4.69) is 5.32 Å². The van der Waals surface area contributed by atoms with E-state index < -0.39 is 21.7 Å². The molecular weight excluding hydrogens is 395 g/mol. The number of halogens is 2. The maximum Gasteiger partial charge on any atom is 0.248 e. The van der Waals surface area contributed by atoms with Crippen LogP contribution in [0.15, 0.2) is 47.4 Å². The number of ether oxygens (including phenoxy) is 1. The Bertz CT molecular complexity index is 971. The molecule has 0 heterocycles. The normalized spacial score (nSPS) is 11.8. The minimum Gasteiger partial charge on any atom is -0.495 e. The van der Waals surface area contributed by atoms with Gasteiger partial charge in [-0.3, -0.25) is 4.79 Å². The van der Waals surface area contributed by atoms with Crippen molar-refractivity contribution in [3.05, 3.63) is 58.9 Å². The Kier molecular flexibility index (Phi) is 6.59. The maximum absolute atomic E-state index is 13.7. The van der Waals surface area contributed by atoms with Crippen LogP contribution >= 0.6 is 11.6 Å². The van der Waals surface area contributed by atoms with Gasteiger partial charge in [0.25, 0.3) is 0 Å². The first-order chi connectivity index (χ1) is 12.7. The van der Waals surface area contributed by atoms with Gasteiger partial charge in [0.05, 0.1) is 22.7 Å². The summed E-state index contributed by atoms with van der Waals surface area (Å²) in [6, 6.07) is 8.28. The number of nitrogens with zero attached hydrogens (tertiary/aromatic N) is 1. The van der Waals surface area contributed by atoms with Crippen molar-refractivity contribution in [3.8, 4) is 5.75 Å². The number of amides is 1. The van der Waals surface area contributed by atoms with Gasteiger partial charge < -0.3 is 10.1 Å². The second-order valence-corrected chi connectivity index (χ2v) is 8.17. The number of rotatable bonds is 6. The Morgan fingerprint density at radius 3 is 2.56 bits per heavy atom. The van der Waals surface area contributed by atoms with E-state index in [0.29, 0.717) is 0 Å². The molecule has 2 rings (SSSR count). The van der Waals surface area contributed by atoms with Gasteiger partial charge >= 0.3 is 0 Å². The third kappa shape index (κ3) is 4.85. The lowest BCUT2D eigenvalue weighted by atomic mass is 10.2. The van der Waals surface area contributed by atoms with Gasteiger partial charge in [-0.1, -0.05) is 17.7 Å². The van der Waals surface area contributed by atoms with E-state index in [9.17, 15) is 17.6 Å². The Morgan fingerprint density at radius 2 is 1.96 bits per heavy atom. The first kappa shape index (κ1) is 20.9. The molecule has 0 saturated heterocycles. The molecule has 144 valence electrons. The maximum atomic E-state index is 13.7. The molecule has 9 heteroatoms. The number of carbonyl (C=O) groups excluding carboxylic acids is 1. The zero-order chi connectivity index (χ0) is 20.2. The number of hydrogen-bond donors (Lipinski definition) is 1. The molecule has 0 aliphatic rings. The van der Waals surface area contributed by atoms with Crippen LogP contribution in [-0.4, -0.2) is 39.8 Å². The molecular formula is C18H18ClFN2O4S. The molecule has 27 heavy (non-hydrogen) atoms. The summed E-state index contributed by atoms with van der Waals surface area (Å²) in [5.41, 5.74) is 0.236. The average molecular weight is 413 g/mol. The van der Waals surface area contributed by atoms with E-state index >= 15 is 0 Å². The van der Waals surface area contributed by atoms with Crippen molar-refractivity contribution in [1.29, 1.82) is 0 Å². The van der Waals surface area contributed by atoms with Gasteiger partial charge in [-0.2, -0.15) is 0 Å². The molecule has 0 atom stereocenters. The fourth-order valence-electron chi connectivity index (χ4n) is 2.16. The molecule has 1 amide bonds. The van der Waals surface area contributed by atoms with Crippen LogP contribution in [0, 0.1) is 5.82 Å². The van der Waals surface area contributed by atoms with Crippen LogP contribution in [0.2, 0.25) is 5.02 Å². The summed E-state index contributed by atoms with van der Waals surface area (Å²) in [6.45, 7) is 0. The number of sulfonamides is 1. The fraction of sp³-hybridized carbons (Fsp3) is 0.167. The summed E-state index contributed by atoms with van der Waals surface area (Å²) in [5.74, 6) is -0.895. The second kappa shape index (κ2) is 8.51. The number of benzene rings is 2. The molecule has 0 aliphatic carbocycles. The van der Waals surface area contributed by atoms with E-state index in [1.54, 1.807) is 0 Å². The van der Waals surface area contributed by atoms with Crippen molar-refractivity contribution in [3.63, 3.8) is 0 Å². The highest BCUT2D eigenvalue weighted by Crippen LogP contribution is 2.28. The Labute approximate surface area is 162 Å². The van der Waals surface area contributed by atoms with E-state index in [1.165, 1.54) is 63.7 Å². The van der Waals surface area contributed by atoms with Gasteiger partial charge in [-0.05, 0) is 36.4 Å². The minimum atomic E-state index is -3.69. The van der Waals surface area contributed by atoms with E-state index in [0.717, 1.165) is 10.4 Å². The largest absolute Gasteiger partial charge is 0.495 e. The summed E-state index contributed by atoms with van der Waals surface area (Å²) >= 11 is 5.91. The van der Waals surface area contributed by atoms with Gasteiger partial charge in [-0.15, -0.1) is 0 Å². The smallest absolute Gasteiger partial charge is 0.248 e. The molecule has 1 N–H and O–H groups in total. The second-order valence-electron chi connectivity index (χ2n) is 5.61. The summed E-state index contributed by atoms with van der Waals surface area (Å²) < 4.78 is 44.5. The van der Waals surface area contributed by atoms with Crippen LogP contribution in [0.25, 0.3) is 6.08 Å². The number of carbonyl (C=O) groups is 1. The van der Waals surface area contributed by atoms with Gasteiger partial charge in [0, 0.05) is 25.7 Å². The number of methoxy groups -OCH3 is 1. The fourth-order valence-corrected chi connectivity index (χ4v) is 3.31. The Hall–Kier alpha value is -2.42. The summed E-state index contributed by atoms with van der Waals surface area (Å²) in [6.07, 6.45) is 2.33. The first-order valence-corrected chi connectivity index (χ1v) is 9.52. The molecule has 2 aromatic carbocycles. The molecule has 0 saturated carbocycles. The predicted octanol–water partition coefficient (Wildman–Crippen LogP) is 3.39. The molecule has 0 fully saturated rings. The van der Waals surface area contributed by atoms with Crippen molar-refractivity contribution in [1.82, 2.24) is 4.31 Å². The third-order valence-electron chi connectivity index (χ3n) is 3.61. The molecule has 2 aromatic rings. The first-order valence-electron chi connectivity index (χ1n) is 7.70. The van der Waals surface area contributed by atoms with E-state index in [4.69, 9.17) is 16.3 Å². The molecule has 0 radical (unpaired) electrons. The molecule has 0 aliphatic heterocycles. The summed E-state index contributed by atoms with van der Waals surface area (Å²) in [5, 5.41) is 2.69. The van der Waals surface area contributed by atoms with Crippen molar-refractivity contribution in [2.45, 2.75) is 4.90 Å².